The second-order valence-electron chi connectivity index (χ2n) is 18.1. The van der Waals surface area contributed by atoms with Crippen molar-refractivity contribution >= 4 is 23.7 Å². The van der Waals surface area contributed by atoms with Crippen LogP contribution in [0.3, 0.4) is 0 Å². The monoisotopic (exact) mass is 791 g/mol. The molecule has 3 N–H and O–H groups in total. The summed E-state index contributed by atoms with van der Waals surface area (Å²) in [4.78, 5) is 58.7. The van der Waals surface area contributed by atoms with Crippen molar-refractivity contribution in [2.75, 3.05) is 34.4 Å². The number of hydroxylamine groups is 3. The van der Waals surface area contributed by atoms with E-state index in [1.807, 2.05) is 42.3 Å². The molecule has 13 heteroatoms. The van der Waals surface area contributed by atoms with Gasteiger partial charge in [0.1, 0.15) is 29.7 Å². The fourth-order valence-corrected chi connectivity index (χ4v) is 10.9. The molecule has 0 aromatic heterocycles. The summed E-state index contributed by atoms with van der Waals surface area (Å²) in [6, 6.07) is 17.1. The van der Waals surface area contributed by atoms with Crippen LogP contribution in [0.1, 0.15) is 83.3 Å². The largest absolute Gasteiger partial charge is 0.457 e. The van der Waals surface area contributed by atoms with Crippen LogP contribution in [0.5, 0.6) is 0 Å². The number of rotatable bonds is 10. The highest BCUT2D eigenvalue weighted by Crippen LogP contribution is 2.65. The number of fused-ring (bicyclic) bond motifs is 5. The van der Waals surface area contributed by atoms with Crippen molar-refractivity contribution in [2.45, 2.75) is 103 Å². The number of ether oxygens (including phenoxy) is 4. The molecule has 2 saturated carbocycles. The lowest BCUT2D eigenvalue weighted by molar-refractivity contribution is -1.08. The van der Waals surface area contributed by atoms with Gasteiger partial charge in [-0.15, -0.1) is 0 Å². The first kappa shape index (κ1) is 42.6. The number of esters is 3. The molecule has 57 heavy (non-hydrogen) atoms. The average Bonchev–Trinajstić information content (AvgIpc) is 3.13. The molecule has 1 saturated heterocycles. The zero-order valence-corrected chi connectivity index (χ0v) is 34.7. The van der Waals surface area contributed by atoms with E-state index >= 15 is 4.79 Å². The molecule has 11 atom stereocenters. The van der Waals surface area contributed by atoms with E-state index in [1.165, 1.54) is 6.92 Å². The van der Waals surface area contributed by atoms with Gasteiger partial charge in [-0.3, -0.25) is 14.4 Å². The fraction of sp³-hybridized carbons (Fsp3) is 0.591. The summed E-state index contributed by atoms with van der Waals surface area (Å²) in [5.41, 5.74) is -4.52. The van der Waals surface area contributed by atoms with Crippen molar-refractivity contribution in [3.05, 3.63) is 82.9 Å². The lowest BCUT2D eigenvalue weighted by atomic mass is 9.43. The molecule has 13 nitrogen and oxygen atoms in total. The minimum Gasteiger partial charge on any atom is -0.457 e. The summed E-state index contributed by atoms with van der Waals surface area (Å²) >= 11 is 0. The molecule has 0 radical (unpaired) electrons. The number of carbonyl (C=O) groups is 4. The van der Waals surface area contributed by atoms with Gasteiger partial charge in [-0.05, 0) is 49.7 Å². The van der Waals surface area contributed by atoms with Crippen LogP contribution in [0.4, 0.5) is 0 Å². The van der Waals surface area contributed by atoms with Crippen molar-refractivity contribution < 1.29 is 58.2 Å². The van der Waals surface area contributed by atoms with E-state index in [-0.39, 0.29) is 36.3 Å². The Morgan fingerprint density at radius 1 is 1.02 bits per heavy atom. The van der Waals surface area contributed by atoms with E-state index in [4.69, 9.17) is 18.9 Å². The number of hydrogen-bond donors (Lipinski definition) is 3. The van der Waals surface area contributed by atoms with E-state index in [0.717, 1.165) is 5.56 Å². The van der Waals surface area contributed by atoms with Crippen molar-refractivity contribution in [3.63, 3.8) is 0 Å². The van der Waals surface area contributed by atoms with E-state index in [0.29, 0.717) is 11.1 Å². The van der Waals surface area contributed by atoms with Gasteiger partial charge >= 0.3 is 17.9 Å². The second kappa shape index (κ2) is 15.0. The third-order valence-corrected chi connectivity index (χ3v) is 13.5. The molecule has 3 aliphatic carbocycles. The molecule has 6 rings (SSSR count). The molecule has 2 bridgehead atoms. The van der Waals surface area contributed by atoms with E-state index in [9.17, 15) is 29.8 Å². The Morgan fingerprint density at radius 3 is 2.16 bits per heavy atom. The predicted octanol–water partition coefficient (Wildman–Crippen LogP) is 4.64. The number of ketones is 1. The molecule has 1 unspecified atom stereocenters. The Balaban J connectivity index is 1.51. The van der Waals surface area contributed by atoms with Crippen molar-refractivity contribution in [3.8, 4) is 0 Å². The molecule has 2 aromatic rings. The first-order valence-electron chi connectivity index (χ1n) is 19.8. The van der Waals surface area contributed by atoms with Gasteiger partial charge in [-0.2, -0.15) is 4.65 Å². The Kier molecular flexibility index (Phi) is 11.2. The Morgan fingerprint density at radius 2 is 1.61 bits per heavy atom. The highest BCUT2D eigenvalue weighted by molar-refractivity contribution is 5.92. The van der Waals surface area contributed by atoms with Crippen molar-refractivity contribution in [2.24, 2.45) is 28.6 Å². The Bertz CT molecular complexity index is 1910. The van der Waals surface area contributed by atoms with Crippen LogP contribution in [-0.2, 0) is 33.3 Å². The first-order chi connectivity index (χ1) is 26.5. The van der Waals surface area contributed by atoms with Crippen LogP contribution in [0.25, 0.3) is 0 Å². The smallest absolute Gasteiger partial charge is 0.338 e. The zero-order valence-electron chi connectivity index (χ0n) is 34.7. The predicted molar refractivity (Wildman–Crippen MR) is 207 cm³/mol. The maximum absolute atomic E-state index is 15.2. The first-order valence-corrected chi connectivity index (χ1v) is 19.8. The van der Waals surface area contributed by atoms with Gasteiger partial charge in [0.15, 0.2) is 12.3 Å². The standard InChI is InChI=1S/C44H59N2O11/c1-25-31(55-39(50)27(3)35(29-17-13-11-14-18-29)45(8)24-46(9,10)53)22-44(52)38(56-40(51)30-19-15-12-16-20-30)36-42(7,37(49)26(2)34(25)41(44,5)6)32(48)21-33-43(36,23-54-33)57-28(4)47/h11-20,26-27,31-33,35-36,38,48,52-53H,21-24H2,1-10H3/q+1/t26-,27-,31?,32+,33-,35-,36+,38+,42-,43+,44-/m1/s1. The molecule has 4 aliphatic rings. The highest BCUT2D eigenvalue weighted by atomic mass is 16.6. The molecule has 1 aliphatic heterocycles. The third kappa shape index (κ3) is 7.03. The molecule has 0 spiro atoms. The van der Waals surface area contributed by atoms with Gasteiger partial charge < -0.3 is 29.2 Å². The van der Waals surface area contributed by atoms with E-state index in [2.05, 4.69) is 0 Å². The normalized spacial score (nSPS) is 34.4. The summed E-state index contributed by atoms with van der Waals surface area (Å²) in [5.74, 6) is -5.41. The minimum atomic E-state index is -2.07. The second-order valence-corrected chi connectivity index (χ2v) is 18.1. The summed E-state index contributed by atoms with van der Waals surface area (Å²) in [6.07, 6.45) is -5.12. The number of hydrogen-bond acceptors (Lipinski definition) is 12. The van der Waals surface area contributed by atoms with Gasteiger partial charge in [0, 0.05) is 31.1 Å². The molecular weight excluding hydrogens is 732 g/mol. The summed E-state index contributed by atoms with van der Waals surface area (Å²) in [7, 11) is 5.09. The quantitative estimate of drug-likeness (QED) is 0.0763. The van der Waals surface area contributed by atoms with Crippen LogP contribution >= 0.6 is 0 Å². The van der Waals surface area contributed by atoms with Crippen molar-refractivity contribution in [1.82, 2.24) is 4.90 Å². The fourth-order valence-electron chi connectivity index (χ4n) is 10.9. The SMILES string of the molecule is CC(=O)O[C@@]12CO[C@@H]1C[C@H](O)[C@@]1(C)C(=O)[C@H](C)C3=C(C)C(OC(=O)[C@H](C)[C@H](c4ccccc4)N(C)C[N+](C)(C)O)C[C@@](O)([C@@H](OC(=O)c4ccccc4)[C@H]21)C3(C)C. The van der Waals surface area contributed by atoms with Crippen LogP contribution in [0, 0.1) is 28.6 Å². The highest BCUT2D eigenvalue weighted by Gasteiger charge is 2.77. The maximum Gasteiger partial charge on any atom is 0.338 e. The van der Waals surface area contributed by atoms with Crippen molar-refractivity contribution in [1.29, 1.82) is 0 Å². The molecule has 3 fully saturated rings. The molecule has 1 heterocycles. The molecule has 310 valence electrons. The molecule has 2 aromatic carbocycles. The number of aliphatic hydroxyl groups excluding tert-OH is 1. The minimum absolute atomic E-state index is 0.0283. The number of aliphatic hydroxyl groups is 2. The average molecular weight is 792 g/mol. The van der Waals surface area contributed by atoms with Crippen LogP contribution in [-0.4, -0.2) is 119 Å². The number of carbonyl (C=O) groups excluding carboxylic acids is 4. The molecule has 0 amide bonds. The van der Waals surface area contributed by atoms with Crippen LogP contribution < -0.4 is 0 Å². The number of Topliss-reactive ketones (excluding diaryl/α,β-unsaturated/α-hetero) is 1. The third-order valence-electron chi connectivity index (χ3n) is 13.5. The van der Waals surface area contributed by atoms with Gasteiger partial charge in [0.25, 0.3) is 0 Å². The van der Waals surface area contributed by atoms with Crippen LogP contribution in [0.15, 0.2) is 71.8 Å². The zero-order chi connectivity index (χ0) is 42.0. The maximum atomic E-state index is 15.2. The number of benzene rings is 2. The topological polar surface area (TPSA) is 169 Å². The van der Waals surface area contributed by atoms with Gasteiger partial charge in [0.2, 0.25) is 0 Å². The Labute approximate surface area is 335 Å². The number of nitrogens with zero attached hydrogens (tertiary/aromatic N) is 2. The molecular formula is C44H59N2O11+. The van der Waals surface area contributed by atoms with Crippen LogP contribution in [0.2, 0.25) is 0 Å². The lowest BCUT2D eigenvalue weighted by Gasteiger charge is -2.67. The summed E-state index contributed by atoms with van der Waals surface area (Å²) in [6.45, 7) is 11.7. The van der Waals surface area contributed by atoms with Gasteiger partial charge in [-0.25, -0.2) is 14.9 Å². The van der Waals surface area contributed by atoms with E-state index in [1.54, 1.807) is 86.0 Å². The summed E-state index contributed by atoms with van der Waals surface area (Å²) < 4.78 is 24.6. The van der Waals surface area contributed by atoms with Gasteiger partial charge in [-0.1, -0.05) is 76.2 Å². The summed E-state index contributed by atoms with van der Waals surface area (Å²) in [5, 5.41) is 36.3. The number of quaternary nitrogens is 1. The van der Waals surface area contributed by atoms with Gasteiger partial charge in [0.05, 0.1) is 55.7 Å². The Hall–Kier alpha value is -3.98. The van der Waals surface area contributed by atoms with E-state index < -0.39 is 93.9 Å². The lowest BCUT2D eigenvalue weighted by Crippen LogP contribution is -2.81.